The molecular formula is C28H35N3. The molecule has 0 amide bonds. The van der Waals surface area contributed by atoms with Crippen LogP contribution in [0.25, 0.3) is 0 Å². The summed E-state index contributed by atoms with van der Waals surface area (Å²) in [6.45, 7) is 12.7. The van der Waals surface area contributed by atoms with E-state index in [0.717, 1.165) is 32.6 Å². The van der Waals surface area contributed by atoms with E-state index in [2.05, 4.69) is 104 Å². The first-order valence-electron chi connectivity index (χ1n) is 11.8. The maximum Gasteiger partial charge on any atom is 0.0366 e. The minimum Gasteiger partial charge on any atom is -0.385 e. The summed E-state index contributed by atoms with van der Waals surface area (Å²) in [5.41, 5.74) is 10.8. The number of nitrogens with one attached hydrogen (secondary N) is 2. The Hall–Kier alpha value is -2.94. The van der Waals surface area contributed by atoms with Gasteiger partial charge in [0, 0.05) is 49.2 Å². The van der Waals surface area contributed by atoms with Gasteiger partial charge in [0.25, 0.3) is 0 Å². The predicted octanol–water partition coefficient (Wildman–Crippen LogP) is 6.48. The monoisotopic (exact) mass is 413 g/mol. The third-order valence-corrected chi connectivity index (χ3v) is 6.41. The molecule has 1 aliphatic rings. The Labute approximate surface area is 187 Å². The van der Waals surface area contributed by atoms with Crippen molar-refractivity contribution < 1.29 is 0 Å². The average molecular weight is 414 g/mol. The van der Waals surface area contributed by atoms with Crippen LogP contribution in [-0.4, -0.2) is 26.2 Å². The average Bonchev–Trinajstić information content (AvgIpc) is 2.79. The molecule has 0 radical (unpaired) electrons. The van der Waals surface area contributed by atoms with Crippen LogP contribution in [0.4, 0.5) is 17.1 Å². The first-order valence-corrected chi connectivity index (χ1v) is 11.8. The molecule has 0 aromatic heterocycles. The molecule has 1 aliphatic carbocycles. The second kappa shape index (κ2) is 9.47. The van der Waals surface area contributed by atoms with E-state index in [1.165, 1.54) is 44.9 Å². The van der Waals surface area contributed by atoms with Crippen molar-refractivity contribution in [2.75, 3.05) is 41.7 Å². The minimum atomic E-state index is 0.274. The predicted molar refractivity (Wildman–Crippen MR) is 135 cm³/mol. The Bertz CT molecular complexity index is 963. The first kappa shape index (κ1) is 21.3. The summed E-state index contributed by atoms with van der Waals surface area (Å²) in [4.78, 5) is 2.40. The molecule has 0 bridgehead atoms. The van der Waals surface area contributed by atoms with Crippen LogP contribution in [0.3, 0.4) is 0 Å². The summed E-state index contributed by atoms with van der Waals surface area (Å²) in [7, 11) is 0. The van der Waals surface area contributed by atoms with Gasteiger partial charge in [0.15, 0.2) is 0 Å². The number of rotatable bonds is 8. The summed E-state index contributed by atoms with van der Waals surface area (Å²) in [5, 5.41) is 6.97. The summed E-state index contributed by atoms with van der Waals surface area (Å²) >= 11 is 0. The van der Waals surface area contributed by atoms with Crippen LogP contribution in [-0.2, 0) is 6.42 Å². The molecule has 0 atom stereocenters. The number of hydrogen-bond acceptors (Lipinski definition) is 3. The molecule has 0 heterocycles. The molecule has 3 aromatic rings. The van der Waals surface area contributed by atoms with Gasteiger partial charge < -0.3 is 15.5 Å². The quantitative estimate of drug-likeness (QED) is 0.346. The largest absolute Gasteiger partial charge is 0.385 e. The zero-order chi connectivity index (χ0) is 21.8. The lowest BCUT2D eigenvalue weighted by atomic mass is 9.74. The van der Waals surface area contributed by atoms with Crippen LogP contribution < -0.4 is 15.5 Å². The molecule has 3 nitrogen and oxygen atoms in total. The lowest BCUT2D eigenvalue weighted by molar-refractivity contribution is 0.860. The van der Waals surface area contributed by atoms with Gasteiger partial charge in [-0.2, -0.15) is 0 Å². The van der Waals surface area contributed by atoms with E-state index >= 15 is 0 Å². The van der Waals surface area contributed by atoms with Crippen molar-refractivity contribution in [1.29, 1.82) is 0 Å². The molecule has 3 heteroatoms. The van der Waals surface area contributed by atoms with Crippen molar-refractivity contribution in [2.24, 2.45) is 0 Å². The second-order valence-corrected chi connectivity index (χ2v) is 8.26. The van der Waals surface area contributed by atoms with E-state index in [-0.39, 0.29) is 5.92 Å². The van der Waals surface area contributed by atoms with Crippen LogP contribution in [0, 0.1) is 0 Å². The highest BCUT2D eigenvalue weighted by Gasteiger charge is 2.27. The minimum absolute atomic E-state index is 0.274. The molecule has 0 aliphatic heterocycles. The van der Waals surface area contributed by atoms with E-state index in [0.29, 0.717) is 0 Å². The zero-order valence-electron chi connectivity index (χ0n) is 19.3. The normalized spacial score (nSPS) is 12.8. The molecular weight excluding hydrogens is 378 g/mol. The van der Waals surface area contributed by atoms with Crippen molar-refractivity contribution in [3.05, 3.63) is 88.5 Å². The highest BCUT2D eigenvalue weighted by atomic mass is 15.1. The van der Waals surface area contributed by atoms with Crippen molar-refractivity contribution in [2.45, 2.75) is 40.0 Å². The van der Waals surface area contributed by atoms with E-state index in [9.17, 15) is 0 Å². The van der Waals surface area contributed by atoms with Crippen molar-refractivity contribution >= 4 is 17.1 Å². The third-order valence-electron chi connectivity index (χ3n) is 6.41. The molecule has 31 heavy (non-hydrogen) atoms. The van der Waals surface area contributed by atoms with E-state index in [1.54, 1.807) is 0 Å². The molecule has 0 unspecified atom stereocenters. The molecule has 0 saturated heterocycles. The van der Waals surface area contributed by atoms with Gasteiger partial charge in [-0.05, 0) is 98.3 Å². The second-order valence-electron chi connectivity index (χ2n) is 8.26. The van der Waals surface area contributed by atoms with Gasteiger partial charge in [-0.25, -0.2) is 0 Å². The van der Waals surface area contributed by atoms with Crippen molar-refractivity contribution in [3.63, 3.8) is 0 Å². The fourth-order valence-corrected chi connectivity index (χ4v) is 4.91. The third kappa shape index (κ3) is 4.27. The topological polar surface area (TPSA) is 27.3 Å². The number of nitrogens with zero attached hydrogens (tertiary/aromatic N) is 1. The van der Waals surface area contributed by atoms with E-state index < -0.39 is 0 Å². The highest BCUT2D eigenvalue weighted by molar-refractivity contribution is 5.63. The zero-order valence-corrected chi connectivity index (χ0v) is 19.3. The number of benzene rings is 3. The smallest absolute Gasteiger partial charge is 0.0366 e. The summed E-state index contributed by atoms with van der Waals surface area (Å²) < 4.78 is 0. The molecule has 3 aromatic carbocycles. The van der Waals surface area contributed by atoms with Crippen molar-refractivity contribution in [3.8, 4) is 0 Å². The molecule has 162 valence electrons. The van der Waals surface area contributed by atoms with Crippen molar-refractivity contribution in [1.82, 2.24) is 0 Å². The highest BCUT2D eigenvalue weighted by Crippen LogP contribution is 2.42. The van der Waals surface area contributed by atoms with Crippen LogP contribution in [0.5, 0.6) is 0 Å². The lowest BCUT2D eigenvalue weighted by Gasteiger charge is -2.30. The van der Waals surface area contributed by atoms with Crippen LogP contribution in [0.15, 0.2) is 60.7 Å². The Morgan fingerprint density at radius 3 is 1.68 bits per heavy atom. The maximum absolute atomic E-state index is 3.48. The van der Waals surface area contributed by atoms with Gasteiger partial charge in [0.2, 0.25) is 0 Å². The fraction of sp³-hybridized carbons (Fsp3) is 0.357. The SMILES string of the molecule is CCNc1ccc2c(c1)Cc1cc(NCC)ccc1C2c1ccc(N(CC)CC)cc1. The van der Waals surface area contributed by atoms with Gasteiger partial charge in [0.1, 0.15) is 0 Å². The van der Waals surface area contributed by atoms with Gasteiger partial charge in [0.05, 0.1) is 0 Å². The number of anilines is 3. The summed E-state index contributed by atoms with van der Waals surface area (Å²) in [6.07, 6.45) is 0.983. The van der Waals surface area contributed by atoms with E-state index in [4.69, 9.17) is 0 Å². The molecule has 0 saturated carbocycles. The Morgan fingerprint density at radius 1 is 0.710 bits per heavy atom. The standard InChI is InChI=1S/C28H35N3/c1-5-29-23-11-15-26-21(18-23)17-22-19-24(30-6-2)12-16-27(22)28(26)20-9-13-25(14-10-20)31(7-3)8-4/h9-16,18-19,28-30H,5-8,17H2,1-4H3. The van der Waals surface area contributed by atoms with Crippen LogP contribution in [0.2, 0.25) is 0 Å². The molecule has 0 spiro atoms. The fourth-order valence-electron chi connectivity index (χ4n) is 4.91. The van der Waals surface area contributed by atoms with Crippen LogP contribution in [0.1, 0.15) is 61.4 Å². The summed E-state index contributed by atoms with van der Waals surface area (Å²) in [5.74, 6) is 0.274. The number of hydrogen-bond donors (Lipinski definition) is 2. The Morgan fingerprint density at radius 2 is 1.23 bits per heavy atom. The first-order chi connectivity index (χ1) is 15.2. The summed E-state index contributed by atoms with van der Waals surface area (Å²) in [6, 6.07) is 23.1. The lowest BCUT2D eigenvalue weighted by Crippen LogP contribution is -2.21. The molecule has 2 N–H and O–H groups in total. The van der Waals surface area contributed by atoms with Gasteiger partial charge in [-0.3, -0.25) is 0 Å². The van der Waals surface area contributed by atoms with E-state index in [1.807, 2.05) is 0 Å². The number of fused-ring (bicyclic) bond motifs is 2. The van der Waals surface area contributed by atoms with Gasteiger partial charge >= 0.3 is 0 Å². The van der Waals surface area contributed by atoms with Gasteiger partial charge in [-0.15, -0.1) is 0 Å². The Kier molecular flexibility index (Phi) is 6.50. The molecule has 0 fully saturated rings. The maximum atomic E-state index is 3.48. The van der Waals surface area contributed by atoms with Gasteiger partial charge in [-0.1, -0.05) is 24.3 Å². The molecule has 4 rings (SSSR count). The Balaban J connectivity index is 1.79. The van der Waals surface area contributed by atoms with Crippen LogP contribution >= 0.6 is 0 Å².